The number of nitrogens with zero attached hydrogens (tertiary/aromatic N) is 3. The standard InChI is InChI=1S/C12H13FN4/c13-10-4-2-1-3-9(10)12-16-15-11-6-5-8(14)7-17(11)12/h1-4,8H,5-7,14H2. The van der Waals surface area contributed by atoms with E-state index in [4.69, 9.17) is 5.73 Å². The predicted molar refractivity (Wildman–Crippen MR) is 61.7 cm³/mol. The first kappa shape index (κ1) is 10.4. The third kappa shape index (κ3) is 1.72. The number of hydrogen-bond acceptors (Lipinski definition) is 3. The molecule has 0 aliphatic carbocycles. The summed E-state index contributed by atoms with van der Waals surface area (Å²) >= 11 is 0. The van der Waals surface area contributed by atoms with E-state index < -0.39 is 0 Å². The quantitative estimate of drug-likeness (QED) is 0.807. The van der Waals surface area contributed by atoms with Gasteiger partial charge in [-0.3, -0.25) is 0 Å². The van der Waals surface area contributed by atoms with Gasteiger partial charge in [0.25, 0.3) is 0 Å². The molecule has 0 amide bonds. The van der Waals surface area contributed by atoms with Crippen molar-refractivity contribution >= 4 is 0 Å². The van der Waals surface area contributed by atoms with E-state index >= 15 is 0 Å². The summed E-state index contributed by atoms with van der Waals surface area (Å²) in [6.07, 6.45) is 1.72. The average molecular weight is 232 g/mol. The molecule has 4 nitrogen and oxygen atoms in total. The maximum Gasteiger partial charge on any atom is 0.166 e. The first-order valence-corrected chi connectivity index (χ1v) is 5.68. The highest BCUT2D eigenvalue weighted by Gasteiger charge is 2.22. The highest BCUT2D eigenvalue weighted by atomic mass is 19.1. The minimum Gasteiger partial charge on any atom is -0.326 e. The van der Waals surface area contributed by atoms with Gasteiger partial charge in [-0.25, -0.2) is 4.39 Å². The summed E-state index contributed by atoms with van der Waals surface area (Å²) in [7, 11) is 0. The van der Waals surface area contributed by atoms with Crippen molar-refractivity contribution < 1.29 is 4.39 Å². The Balaban J connectivity index is 2.11. The summed E-state index contributed by atoms with van der Waals surface area (Å²) in [5, 5.41) is 8.18. The van der Waals surface area contributed by atoms with Crippen LogP contribution in [-0.4, -0.2) is 20.8 Å². The lowest BCUT2D eigenvalue weighted by Gasteiger charge is -2.20. The van der Waals surface area contributed by atoms with E-state index in [9.17, 15) is 4.39 Å². The number of fused-ring (bicyclic) bond motifs is 1. The van der Waals surface area contributed by atoms with Crippen molar-refractivity contribution in [2.75, 3.05) is 0 Å². The van der Waals surface area contributed by atoms with Crippen molar-refractivity contribution in [1.82, 2.24) is 14.8 Å². The van der Waals surface area contributed by atoms with Crippen LogP contribution < -0.4 is 5.73 Å². The van der Waals surface area contributed by atoms with Crippen molar-refractivity contribution in [3.8, 4) is 11.4 Å². The van der Waals surface area contributed by atoms with Crippen LogP contribution >= 0.6 is 0 Å². The maximum atomic E-state index is 13.7. The Bertz CT molecular complexity index is 549. The van der Waals surface area contributed by atoms with Gasteiger partial charge in [-0.1, -0.05) is 12.1 Å². The number of halogens is 1. The molecule has 0 saturated carbocycles. The van der Waals surface area contributed by atoms with Crippen LogP contribution in [0.3, 0.4) is 0 Å². The van der Waals surface area contributed by atoms with Gasteiger partial charge < -0.3 is 10.3 Å². The summed E-state index contributed by atoms with van der Waals surface area (Å²) in [6.45, 7) is 0.659. The Hall–Kier alpha value is -1.75. The van der Waals surface area contributed by atoms with Gasteiger partial charge in [0.05, 0.1) is 5.56 Å². The van der Waals surface area contributed by atoms with Crippen molar-refractivity contribution in [2.24, 2.45) is 5.73 Å². The molecule has 2 aromatic rings. The monoisotopic (exact) mass is 232 g/mol. The van der Waals surface area contributed by atoms with Crippen molar-refractivity contribution in [3.05, 3.63) is 35.9 Å². The van der Waals surface area contributed by atoms with E-state index in [1.807, 2.05) is 4.57 Å². The molecule has 17 heavy (non-hydrogen) atoms. The number of rotatable bonds is 1. The SMILES string of the molecule is NC1CCc2nnc(-c3ccccc3F)n2C1. The van der Waals surface area contributed by atoms with Crippen LogP contribution in [0, 0.1) is 5.82 Å². The van der Waals surface area contributed by atoms with Crippen molar-refractivity contribution in [2.45, 2.75) is 25.4 Å². The molecule has 0 bridgehead atoms. The topological polar surface area (TPSA) is 56.7 Å². The summed E-state index contributed by atoms with van der Waals surface area (Å²) in [4.78, 5) is 0. The number of aryl methyl sites for hydroxylation is 1. The first-order chi connectivity index (χ1) is 8.25. The molecule has 0 spiro atoms. The number of hydrogen-bond donors (Lipinski definition) is 1. The Morgan fingerprint density at radius 3 is 2.94 bits per heavy atom. The van der Waals surface area contributed by atoms with Crippen LogP contribution in [0.1, 0.15) is 12.2 Å². The highest BCUT2D eigenvalue weighted by Crippen LogP contribution is 2.24. The van der Waals surface area contributed by atoms with E-state index in [1.165, 1.54) is 6.07 Å². The molecule has 0 saturated heterocycles. The molecule has 3 rings (SSSR count). The normalized spacial score (nSPS) is 19.1. The van der Waals surface area contributed by atoms with Crippen LogP contribution in [0.5, 0.6) is 0 Å². The molecule has 2 heterocycles. The van der Waals surface area contributed by atoms with Crippen LogP contribution in [0.15, 0.2) is 24.3 Å². The van der Waals surface area contributed by atoms with Gasteiger partial charge in [-0.15, -0.1) is 10.2 Å². The molecule has 0 radical (unpaired) electrons. The third-order valence-corrected chi connectivity index (χ3v) is 3.10. The van der Waals surface area contributed by atoms with E-state index in [2.05, 4.69) is 10.2 Å². The van der Waals surface area contributed by atoms with Crippen LogP contribution in [-0.2, 0) is 13.0 Å². The van der Waals surface area contributed by atoms with Gasteiger partial charge in [0.2, 0.25) is 0 Å². The van der Waals surface area contributed by atoms with Crippen molar-refractivity contribution in [3.63, 3.8) is 0 Å². The van der Waals surface area contributed by atoms with E-state index in [1.54, 1.807) is 18.2 Å². The summed E-state index contributed by atoms with van der Waals surface area (Å²) in [5.74, 6) is 1.19. The van der Waals surface area contributed by atoms with Gasteiger partial charge in [0.15, 0.2) is 5.82 Å². The predicted octanol–water partition coefficient (Wildman–Crippen LogP) is 1.36. The highest BCUT2D eigenvalue weighted by molar-refractivity contribution is 5.56. The average Bonchev–Trinajstić information content (AvgIpc) is 2.72. The molecule has 5 heteroatoms. The number of benzene rings is 1. The second-order valence-electron chi connectivity index (χ2n) is 4.33. The maximum absolute atomic E-state index is 13.7. The fourth-order valence-electron chi connectivity index (χ4n) is 2.19. The van der Waals surface area contributed by atoms with Crippen LogP contribution in [0.4, 0.5) is 4.39 Å². The van der Waals surface area contributed by atoms with E-state index in [-0.39, 0.29) is 11.9 Å². The fraction of sp³-hybridized carbons (Fsp3) is 0.333. The van der Waals surface area contributed by atoms with Gasteiger partial charge in [-0.05, 0) is 18.6 Å². The lowest BCUT2D eigenvalue weighted by molar-refractivity contribution is 0.455. The second-order valence-corrected chi connectivity index (χ2v) is 4.33. The zero-order chi connectivity index (χ0) is 11.8. The third-order valence-electron chi connectivity index (χ3n) is 3.10. The largest absolute Gasteiger partial charge is 0.326 e. The van der Waals surface area contributed by atoms with Crippen molar-refractivity contribution in [1.29, 1.82) is 0 Å². The minimum atomic E-state index is -0.276. The summed E-state index contributed by atoms with van der Waals surface area (Å²) in [6, 6.07) is 6.71. The summed E-state index contributed by atoms with van der Waals surface area (Å²) < 4.78 is 15.6. The molecule has 88 valence electrons. The van der Waals surface area contributed by atoms with E-state index in [0.717, 1.165) is 18.7 Å². The molecule has 1 aromatic heterocycles. The molecular weight excluding hydrogens is 219 g/mol. The Morgan fingerprint density at radius 1 is 1.29 bits per heavy atom. The van der Waals surface area contributed by atoms with Gasteiger partial charge in [0.1, 0.15) is 11.6 Å². The molecule has 1 aliphatic heterocycles. The van der Waals surface area contributed by atoms with Gasteiger partial charge >= 0.3 is 0 Å². The first-order valence-electron chi connectivity index (χ1n) is 5.68. The second kappa shape index (κ2) is 3.92. The molecule has 0 fully saturated rings. The lowest BCUT2D eigenvalue weighted by Crippen LogP contribution is -2.32. The molecule has 1 atom stereocenters. The van der Waals surface area contributed by atoms with E-state index in [0.29, 0.717) is 17.9 Å². The summed E-state index contributed by atoms with van der Waals surface area (Å²) in [5.41, 5.74) is 6.41. The Labute approximate surface area is 98.3 Å². The van der Waals surface area contributed by atoms with Gasteiger partial charge in [0, 0.05) is 19.0 Å². The zero-order valence-electron chi connectivity index (χ0n) is 9.31. The molecule has 2 N–H and O–H groups in total. The molecule has 1 aromatic carbocycles. The molecule has 1 unspecified atom stereocenters. The minimum absolute atomic E-state index is 0.101. The zero-order valence-corrected chi connectivity index (χ0v) is 9.31. The Morgan fingerprint density at radius 2 is 2.12 bits per heavy atom. The fourth-order valence-corrected chi connectivity index (χ4v) is 2.19. The number of nitrogens with two attached hydrogens (primary N) is 1. The lowest BCUT2D eigenvalue weighted by atomic mass is 10.1. The van der Waals surface area contributed by atoms with Gasteiger partial charge in [-0.2, -0.15) is 0 Å². The molecule has 1 aliphatic rings. The molecular formula is C12H13FN4. The smallest absolute Gasteiger partial charge is 0.166 e. The Kier molecular flexibility index (Phi) is 2.40. The number of aromatic nitrogens is 3. The van der Waals surface area contributed by atoms with Crippen LogP contribution in [0.2, 0.25) is 0 Å². The van der Waals surface area contributed by atoms with Crippen LogP contribution in [0.25, 0.3) is 11.4 Å².